The van der Waals surface area contributed by atoms with Crippen molar-refractivity contribution in [2.45, 2.75) is 51.0 Å². The number of rotatable bonds is 8. The number of anilines is 3. The van der Waals surface area contributed by atoms with Gasteiger partial charge in [0, 0.05) is 43.5 Å². The molecule has 2 aliphatic carbocycles. The second-order valence-corrected chi connectivity index (χ2v) is 9.80. The van der Waals surface area contributed by atoms with Gasteiger partial charge in [0.25, 0.3) is 5.91 Å². The maximum atomic E-state index is 12.1. The summed E-state index contributed by atoms with van der Waals surface area (Å²) in [5, 5.41) is 27.1. The average Bonchev–Trinajstić information content (AvgIpc) is 3.75. The Balaban J connectivity index is 0.000000398. The van der Waals surface area contributed by atoms with E-state index in [1.807, 2.05) is 7.11 Å². The molecule has 2 heterocycles. The number of amides is 2. The molecule has 2 fully saturated rings. The number of nitrogens with zero attached hydrogens (tertiary/aromatic N) is 5. The maximum absolute atomic E-state index is 12.1. The van der Waals surface area contributed by atoms with Gasteiger partial charge in [-0.05, 0) is 31.7 Å². The van der Waals surface area contributed by atoms with Crippen molar-refractivity contribution < 1.29 is 19.1 Å². The Labute approximate surface area is 232 Å². The minimum absolute atomic E-state index is 0.0189. The van der Waals surface area contributed by atoms with E-state index in [0.29, 0.717) is 28.7 Å². The molecule has 40 heavy (non-hydrogen) atoms. The first-order chi connectivity index (χ1) is 19.3. The van der Waals surface area contributed by atoms with Crippen LogP contribution in [0.4, 0.5) is 17.2 Å². The van der Waals surface area contributed by atoms with Gasteiger partial charge in [-0.3, -0.25) is 14.3 Å². The SMILES string of the molecule is COC1CCCCC1.COc1c(Nc2cc(NC(=O)C3CC3)nnc2C(N)=O)cccc1-c1cn(C)nc1C#N. The molecule has 0 unspecified atom stereocenters. The highest BCUT2D eigenvalue weighted by Gasteiger charge is 2.30. The molecule has 0 spiro atoms. The summed E-state index contributed by atoms with van der Waals surface area (Å²) in [6.45, 7) is 0. The number of benzene rings is 1. The standard InChI is InChI=1S/C21H20N8O3.C7H14O/c1-29-10-13(16(9-22)28-29)12-4-3-5-14(19(12)32-2)24-15-8-17(25-21(31)11-6-7-11)26-27-18(15)20(23)30;1-8-7-5-3-2-4-6-7/h3-5,8,10-11H,6-7H2,1-2H3,(H2,23,30)(H2,24,25,26,31);7H,2-6H2,1H3. The Kier molecular flexibility index (Phi) is 9.29. The summed E-state index contributed by atoms with van der Waals surface area (Å²) in [4.78, 5) is 24.0. The van der Waals surface area contributed by atoms with E-state index in [9.17, 15) is 14.9 Å². The third-order valence-corrected chi connectivity index (χ3v) is 6.83. The Morgan fingerprint density at radius 2 is 1.82 bits per heavy atom. The first-order valence-electron chi connectivity index (χ1n) is 13.2. The van der Waals surface area contributed by atoms with Crippen LogP contribution in [0.15, 0.2) is 30.5 Å². The van der Waals surface area contributed by atoms with Gasteiger partial charge in [-0.15, -0.1) is 10.2 Å². The fourth-order valence-corrected chi connectivity index (χ4v) is 4.59. The van der Waals surface area contributed by atoms with E-state index in [4.69, 9.17) is 15.2 Å². The van der Waals surface area contributed by atoms with Crippen LogP contribution in [0.5, 0.6) is 5.75 Å². The summed E-state index contributed by atoms with van der Waals surface area (Å²) in [6, 6.07) is 8.86. The summed E-state index contributed by atoms with van der Waals surface area (Å²) in [5.74, 6) is -0.322. The fraction of sp³-hybridized carbons (Fsp3) is 0.429. The number of ether oxygens (including phenoxy) is 2. The molecule has 2 aromatic heterocycles. The number of hydrogen-bond donors (Lipinski definition) is 3. The van der Waals surface area contributed by atoms with E-state index in [2.05, 4.69) is 32.0 Å². The lowest BCUT2D eigenvalue weighted by Crippen LogP contribution is -2.19. The molecule has 1 aromatic carbocycles. The van der Waals surface area contributed by atoms with Gasteiger partial charge in [0.1, 0.15) is 11.8 Å². The van der Waals surface area contributed by atoms with Crippen molar-refractivity contribution in [3.8, 4) is 22.9 Å². The molecule has 0 bridgehead atoms. The largest absolute Gasteiger partial charge is 0.494 e. The normalized spacial score (nSPS) is 14.8. The molecule has 2 saturated carbocycles. The number of aryl methyl sites for hydroxylation is 1. The molecular weight excluding hydrogens is 512 g/mol. The molecule has 0 saturated heterocycles. The Hall–Kier alpha value is -4.50. The zero-order valence-corrected chi connectivity index (χ0v) is 22.9. The highest BCUT2D eigenvalue weighted by atomic mass is 16.5. The Morgan fingerprint density at radius 1 is 1.07 bits per heavy atom. The van der Waals surface area contributed by atoms with E-state index in [0.717, 1.165) is 12.8 Å². The molecule has 0 aliphatic heterocycles. The van der Waals surface area contributed by atoms with Crippen LogP contribution in [0.3, 0.4) is 0 Å². The van der Waals surface area contributed by atoms with E-state index in [1.54, 1.807) is 36.1 Å². The van der Waals surface area contributed by atoms with Crippen molar-refractivity contribution in [3.05, 3.63) is 41.9 Å². The van der Waals surface area contributed by atoms with Crippen molar-refractivity contribution in [2.75, 3.05) is 24.9 Å². The third kappa shape index (κ3) is 6.92. The van der Waals surface area contributed by atoms with Gasteiger partial charge in [0.2, 0.25) is 5.91 Å². The minimum atomic E-state index is -0.783. The lowest BCUT2D eigenvalue weighted by molar-refractivity contribution is -0.117. The molecule has 210 valence electrons. The summed E-state index contributed by atoms with van der Waals surface area (Å²) in [5.41, 5.74) is 7.58. The van der Waals surface area contributed by atoms with Crippen LogP contribution in [0.1, 0.15) is 61.1 Å². The summed E-state index contributed by atoms with van der Waals surface area (Å²) in [6.07, 6.45) is 10.7. The van der Waals surface area contributed by atoms with Crippen LogP contribution in [-0.4, -0.2) is 52.1 Å². The van der Waals surface area contributed by atoms with Crippen molar-refractivity contribution in [1.82, 2.24) is 20.0 Å². The van der Waals surface area contributed by atoms with Crippen LogP contribution >= 0.6 is 0 Å². The van der Waals surface area contributed by atoms with Gasteiger partial charge in [0.05, 0.1) is 24.6 Å². The number of carbonyl (C=O) groups excluding carboxylic acids is 2. The van der Waals surface area contributed by atoms with Crippen LogP contribution in [0.2, 0.25) is 0 Å². The molecule has 0 radical (unpaired) electrons. The molecule has 5 rings (SSSR count). The van der Waals surface area contributed by atoms with Crippen molar-refractivity contribution in [3.63, 3.8) is 0 Å². The zero-order valence-electron chi connectivity index (χ0n) is 22.9. The fourth-order valence-electron chi connectivity index (χ4n) is 4.59. The summed E-state index contributed by atoms with van der Waals surface area (Å²) >= 11 is 0. The first kappa shape index (κ1) is 28.5. The predicted octanol–water partition coefficient (Wildman–Crippen LogP) is 3.91. The molecule has 2 aliphatic rings. The lowest BCUT2D eigenvalue weighted by atomic mass is 9.98. The number of nitrogens with one attached hydrogen (secondary N) is 2. The van der Waals surface area contributed by atoms with E-state index in [1.165, 1.54) is 45.3 Å². The lowest BCUT2D eigenvalue weighted by Gasteiger charge is -2.19. The molecule has 4 N–H and O–H groups in total. The monoisotopic (exact) mass is 546 g/mol. The number of primary amides is 1. The van der Waals surface area contributed by atoms with E-state index >= 15 is 0 Å². The third-order valence-electron chi connectivity index (χ3n) is 6.83. The number of carbonyl (C=O) groups is 2. The number of nitriles is 1. The number of hydrogen-bond acceptors (Lipinski definition) is 9. The number of methoxy groups -OCH3 is 2. The van der Waals surface area contributed by atoms with Gasteiger partial charge in [-0.2, -0.15) is 10.4 Å². The topological polar surface area (TPSA) is 170 Å². The summed E-state index contributed by atoms with van der Waals surface area (Å²) < 4.78 is 12.3. The quantitative estimate of drug-likeness (QED) is 0.379. The molecule has 12 heteroatoms. The first-order valence-corrected chi connectivity index (χ1v) is 13.2. The second kappa shape index (κ2) is 13.0. The van der Waals surface area contributed by atoms with Gasteiger partial charge in [-0.25, -0.2) is 0 Å². The minimum Gasteiger partial charge on any atom is -0.494 e. The smallest absolute Gasteiger partial charge is 0.271 e. The van der Waals surface area contributed by atoms with E-state index in [-0.39, 0.29) is 34.7 Å². The van der Waals surface area contributed by atoms with Crippen LogP contribution in [0.25, 0.3) is 11.1 Å². The molecule has 0 atom stereocenters. The number of aromatic nitrogens is 4. The Morgan fingerprint density at radius 3 is 2.42 bits per heavy atom. The van der Waals surface area contributed by atoms with Crippen LogP contribution in [-0.2, 0) is 16.6 Å². The average molecular weight is 547 g/mol. The van der Waals surface area contributed by atoms with E-state index < -0.39 is 5.91 Å². The maximum Gasteiger partial charge on any atom is 0.271 e. The molecule has 3 aromatic rings. The number of para-hydroxylation sites is 1. The molecular formula is C28H34N8O4. The van der Waals surface area contributed by atoms with Crippen LogP contribution < -0.4 is 21.1 Å². The second-order valence-electron chi connectivity index (χ2n) is 9.80. The molecule has 2 amide bonds. The van der Waals surface area contributed by atoms with Gasteiger partial charge >= 0.3 is 0 Å². The Bertz CT molecular complexity index is 1400. The van der Waals surface area contributed by atoms with Crippen LogP contribution in [0, 0.1) is 17.2 Å². The van der Waals surface area contributed by atoms with Gasteiger partial charge < -0.3 is 25.8 Å². The van der Waals surface area contributed by atoms with Gasteiger partial charge in [-0.1, -0.05) is 31.4 Å². The summed E-state index contributed by atoms with van der Waals surface area (Å²) in [7, 11) is 5.03. The van der Waals surface area contributed by atoms with Crippen molar-refractivity contribution in [2.24, 2.45) is 18.7 Å². The van der Waals surface area contributed by atoms with Crippen molar-refractivity contribution in [1.29, 1.82) is 5.26 Å². The number of nitrogens with two attached hydrogens (primary N) is 1. The van der Waals surface area contributed by atoms with Crippen molar-refractivity contribution >= 4 is 29.0 Å². The van der Waals surface area contributed by atoms with Gasteiger partial charge in [0.15, 0.2) is 17.2 Å². The molecule has 12 nitrogen and oxygen atoms in total. The predicted molar refractivity (Wildman–Crippen MR) is 149 cm³/mol. The highest BCUT2D eigenvalue weighted by Crippen LogP contribution is 2.39. The zero-order chi connectivity index (χ0) is 28.6. The highest BCUT2D eigenvalue weighted by molar-refractivity contribution is 5.99.